The molecule has 2 aliphatic rings. The van der Waals surface area contributed by atoms with Crippen LogP contribution in [0.2, 0.25) is 24.7 Å². The van der Waals surface area contributed by atoms with E-state index < -0.39 is 8.07 Å². The highest BCUT2D eigenvalue weighted by molar-refractivity contribution is 6.88. The lowest BCUT2D eigenvalue weighted by Gasteiger charge is -2.40. The molecule has 0 bridgehead atoms. The van der Waals surface area contributed by atoms with Crippen LogP contribution in [0.3, 0.4) is 0 Å². The van der Waals surface area contributed by atoms with Crippen LogP contribution in [0.1, 0.15) is 30.1 Å². The molecule has 2 fully saturated rings. The number of anilines is 2. The fourth-order valence-corrected chi connectivity index (χ4v) is 6.04. The average Bonchev–Trinajstić information content (AvgIpc) is 3.33. The molecule has 3 amide bonds. The third-order valence-corrected chi connectivity index (χ3v) is 9.00. The van der Waals surface area contributed by atoms with E-state index in [1.807, 2.05) is 28.9 Å². The van der Waals surface area contributed by atoms with Crippen molar-refractivity contribution in [2.24, 2.45) is 0 Å². The predicted octanol–water partition coefficient (Wildman–Crippen LogP) is 4.26. The summed E-state index contributed by atoms with van der Waals surface area (Å²) < 4.78 is 0. The van der Waals surface area contributed by atoms with Crippen molar-refractivity contribution in [1.82, 2.24) is 14.8 Å². The molecule has 1 N–H and O–H groups in total. The second kappa shape index (κ2) is 9.96. The lowest BCUT2D eigenvalue weighted by Crippen LogP contribution is -2.55. The van der Waals surface area contributed by atoms with Crippen molar-refractivity contribution in [3.63, 3.8) is 0 Å². The molecule has 4 rings (SSSR count). The number of carbonyl (C=O) groups is 2. The van der Waals surface area contributed by atoms with Crippen LogP contribution < -0.4 is 15.4 Å². The molecule has 0 aliphatic carbocycles. The van der Waals surface area contributed by atoms with E-state index in [9.17, 15) is 9.59 Å². The third kappa shape index (κ3) is 5.39. The summed E-state index contributed by atoms with van der Waals surface area (Å²) in [5.41, 5.74) is 1.34. The summed E-state index contributed by atoms with van der Waals surface area (Å²) in [5.74, 6) is 0.652. The predicted molar refractivity (Wildman–Crippen MR) is 141 cm³/mol. The van der Waals surface area contributed by atoms with Crippen LogP contribution in [-0.2, 0) is 0 Å². The quantitative estimate of drug-likeness (QED) is 0.638. The Morgan fingerprint density at radius 3 is 2.32 bits per heavy atom. The van der Waals surface area contributed by atoms with Gasteiger partial charge in [-0.1, -0.05) is 48.6 Å². The first-order chi connectivity index (χ1) is 16.1. The SMILES string of the molecule is C[C@@H]1CN(c2ncc(C(=O)N3CCCC3)cc2Cl)CCN1C(=O)Nc1ccc([Si](C)(C)C)cc1. The monoisotopic (exact) mass is 499 g/mol. The average molecular weight is 500 g/mol. The molecule has 1 atom stereocenters. The smallest absolute Gasteiger partial charge is 0.322 e. The minimum atomic E-state index is -1.37. The van der Waals surface area contributed by atoms with Crippen molar-refractivity contribution in [2.45, 2.75) is 45.4 Å². The number of nitrogens with zero attached hydrogens (tertiary/aromatic N) is 4. The number of pyridine rings is 1. The zero-order valence-electron chi connectivity index (χ0n) is 20.5. The molecule has 9 heteroatoms. The first kappa shape index (κ1) is 24.5. The van der Waals surface area contributed by atoms with Crippen LogP contribution in [0.15, 0.2) is 36.5 Å². The Balaban J connectivity index is 1.37. The number of urea groups is 1. The number of piperazine rings is 1. The Morgan fingerprint density at radius 2 is 1.74 bits per heavy atom. The van der Waals surface area contributed by atoms with Crippen LogP contribution in [0.25, 0.3) is 0 Å². The number of aromatic nitrogens is 1. The molecule has 3 heterocycles. The van der Waals surface area contributed by atoms with E-state index in [0.29, 0.717) is 36.0 Å². The van der Waals surface area contributed by atoms with Gasteiger partial charge in [0.25, 0.3) is 5.91 Å². The van der Waals surface area contributed by atoms with E-state index in [1.54, 1.807) is 12.3 Å². The number of halogens is 1. The van der Waals surface area contributed by atoms with Crippen molar-refractivity contribution in [1.29, 1.82) is 0 Å². The van der Waals surface area contributed by atoms with E-state index in [1.165, 1.54) is 5.19 Å². The largest absolute Gasteiger partial charge is 0.352 e. The number of amides is 3. The van der Waals surface area contributed by atoms with Crippen LogP contribution in [0, 0.1) is 0 Å². The molecule has 2 aliphatic heterocycles. The highest BCUT2D eigenvalue weighted by Gasteiger charge is 2.30. The van der Waals surface area contributed by atoms with E-state index in [-0.39, 0.29) is 18.0 Å². The van der Waals surface area contributed by atoms with E-state index in [4.69, 9.17) is 11.6 Å². The van der Waals surface area contributed by atoms with Gasteiger partial charge in [-0.05, 0) is 38.0 Å². The van der Waals surface area contributed by atoms with Gasteiger partial charge in [-0.2, -0.15) is 0 Å². The van der Waals surface area contributed by atoms with Crippen molar-refractivity contribution in [3.8, 4) is 0 Å². The van der Waals surface area contributed by atoms with Gasteiger partial charge in [-0.15, -0.1) is 0 Å². The molecule has 182 valence electrons. The normalized spacial score (nSPS) is 18.9. The van der Waals surface area contributed by atoms with Crippen LogP contribution >= 0.6 is 11.6 Å². The third-order valence-electron chi connectivity index (χ3n) is 6.65. The van der Waals surface area contributed by atoms with Gasteiger partial charge in [0.05, 0.1) is 18.7 Å². The number of hydrogen-bond donors (Lipinski definition) is 1. The number of carbonyl (C=O) groups excluding carboxylic acids is 2. The van der Waals surface area contributed by atoms with Crippen molar-refractivity contribution >= 4 is 48.3 Å². The van der Waals surface area contributed by atoms with Gasteiger partial charge in [-0.3, -0.25) is 4.79 Å². The molecule has 0 radical (unpaired) electrons. The van der Waals surface area contributed by atoms with Gasteiger partial charge in [0.15, 0.2) is 0 Å². The summed E-state index contributed by atoms with van der Waals surface area (Å²) in [6, 6.07) is 9.82. The number of nitrogens with one attached hydrogen (secondary N) is 1. The minimum absolute atomic E-state index is 0.00816. The second-order valence-corrected chi connectivity index (χ2v) is 15.8. The molecular formula is C25H34ClN5O2Si. The molecule has 34 heavy (non-hydrogen) atoms. The second-order valence-electron chi connectivity index (χ2n) is 10.3. The fraction of sp³-hybridized carbons (Fsp3) is 0.480. The lowest BCUT2D eigenvalue weighted by molar-refractivity contribution is 0.0792. The molecule has 0 spiro atoms. The highest BCUT2D eigenvalue weighted by Crippen LogP contribution is 2.27. The maximum Gasteiger partial charge on any atom is 0.322 e. The Morgan fingerprint density at radius 1 is 1.06 bits per heavy atom. The molecule has 1 aromatic carbocycles. The van der Waals surface area contributed by atoms with E-state index >= 15 is 0 Å². The summed E-state index contributed by atoms with van der Waals surface area (Å²) in [6.45, 7) is 12.3. The van der Waals surface area contributed by atoms with Gasteiger partial charge in [0.1, 0.15) is 5.82 Å². The van der Waals surface area contributed by atoms with Crippen LogP contribution in [0.4, 0.5) is 16.3 Å². The van der Waals surface area contributed by atoms with Gasteiger partial charge in [0, 0.05) is 50.6 Å². The molecule has 0 unspecified atom stereocenters. The van der Waals surface area contributed by atoms with Crippen molar-refractivity contribution in [2.75, 3.05) is 42.9 Å². The van der Waals surface area contributed by atoms with Crippen molar-refractivity contribution < 1.29 is 9.59 Å². The minimum Gasteiger partial charge on any atom is -0.352 e. The zero-order chi connectivity index (χ0) is 24.5. The summed E-state index contributed by atoms with van der Waals surface area (Å²) in [4.78, 5) is 35.9. The molecule has 1 aromatic heterocycles. The summed E-state index contributed by atoms with van der Waals surface area (Å²) in [6.07, 6.45) is 3.71. The number of rotatable bonds is 4. The van der Waals surface area contributed by atoms with Crippen molar-refractivity contribution in [3.05, 3.63) is 47.1 Å². The lowest BCUT2D eigenvalue weighted by atomic mass is 10.2. The Hall–Kier alpha value is -2.58. The zero-order valence-corrected chi connectivity index (χ0v) is 22.2. The van der Waals surface area contributed by atoms with Gasteiger partial charge in [0.2, 0.25) is 0 Å². The first-order valence-corrected chi connectivity index (χ1v) is 15.9. The summed E-state index contributed by atoms with van der Waals surface area (Å²) in [5, 5.41) is 4.87. The van der Waals surface area contributed by atoms with Gasteiger partial charge >= 0.3 is 6.03 Å². The number of hydrogen-bond acceptors (Lipinski definition) is 4. The fourth-order valence-electron chi connectivity index (χ4n) is 4.58. The molecule has 0 saturated carbocycles. The summed E-state index contributed by atoms with van der Waals surface area (Å²) >= 11 is 6.55. The summed E-state index contributed by atoms with van der Waals surface area (Å²) in [7, 11) is -1.37. The Bertz CT molecular complexity index is 1050. The van der Waals surface area contributed by atoms with Crippen LogP contribution in [-0.4, -0.2) is 73.6 Å². The number of benzene rings is 1. The molecular weight excluding hydrogens is 466 g/mol. The molecule has 2 saturated heterocycles. The molecule has 2 aromatic rings. The van der Waals surface area contributed by atoms with Crippen LogP contribution in [0.5, 0.6) is 0 Å². The van der Waals surface area contributed by atoms with E-state index in [0.717, 1.165) is 31.6 Å². The highest BCUT2D eigenvalue weighted by atomic mass is 35.5. The van der Waals surface area contributed by atoms with Gasteiger partial charge in [-0.25, -0.2) is 9.78 Å². The Kier molecular flexibility index (Phi) is 7.19. The Labute approximate surface area is 208 Å². The maximum atomic E-state index is 12.9. The maximum absolute atomic E-state index is 12.9. The topological polar surface area (TPSA) is 68.8 Å². The standard InChI is InChI=1S/C25H34ClN5O2Si/c1-18-17-30(23-22(26)15-19(16-27-23)24(32)29-11-5-6-12-29)13-14-31(18)25(33)28-20-7-9-21(10-8-20)34(2,3)4/h7-10,15-16,18H,5-6,11-14,17H2,1-4H3,(H,28,33)/t18-/m1/s1. The van der Waals surface area contributed by atoms with E-state index in [2.05, 4.69) is 47.0 Å². The molecule has 7 nitrogen and oxygen atoms in total. The first-order valence-electron chi connectivity index (χ1n) is 12.0. The van der Waals surface area contributed by atoms with Gasteiger partial charge < -0.3 is 20.0 Å². The number of likely N-dealkylation sites (tertiary alicyclic amines) is 1.